The van der Waals surface area contributed by atoms with E-state index in [1.807, 2.05) is 32.6 Å². The molecule has 0 aliphatic carbocycles. The van der Waals surface area contributed by atoms with Crippen LogP contribution in [-0.2, 0) is 4.79 Å². The highest BCUT2D eigenvalue weighted by molar-refractivity contribution is 5.76. The van der Waals surface area contributed by atoms with Crippen molar-refractivity contribution in [1.82, 2.24) is 9.80 Å². The van der Waals surface area contributed by atoms with E-state index in [1.54, 1.807) is 4.90 Å². The summed E-state index contributed by atoms with van der Waals surface area (Å²) < 4.78 is 0. The maximum atomic E-state index is 12.8. The molecule has 2 amide bonds. The van der Waals surface area contributed by atoms with Crippen LogP contribution in [0.5, 0.6) is 0 Å². The molecule has 0 aliphatic heterocycles. The van der Waals surface area contributed by atoms with Crippen molar-refractivity contribution >= 4 is 12.0 Å². The van der Waals surface area contributed by atoms with Gasteiger partial charge in [-0.15, -0.1) is 0 Å². The van der Waals surface area contributed by atoms with Crippen molar-refractivity contribution in [2.45, 2.75) is 66.3 Å². The van der Waals surface area contributed by atoms with Crippen molar-refractivity contribution < 1.29 is 14.7 Å². The minimum absolute atomic E-state index is 0.0223. The van der Waals surface area contributed by atoms with Crippen LogP contribution in [0.1, 0.15) is 60.8 Å². The molecule has 0 rings (SSSR count). The van der Waals surface area contributed by atoms with Crippen molar-refractivity contribution in [3.63, 3.8) is 0 Å². The maximum absolute atomic E-state index is 12.8. The third kappa shape index (κ3) is 6.82. The van der Waals surface area contributed by atoms with E-state index in [4.69, 9.17) is 5.11 Å². The topological polar surface area (TPSA) is 60.9 Å². The second kappa shape index (κ2) is 8.90. The molecule has 5 heteroatoms. The fourth-order valence-corrected chi connectivity index (χ4v) is 2.30. The highest BCUT2D eigenvalue weighted by Gasteiger charge is 2.30. The fourth-order valence-electron chi connectivity index (χ4n) is 2.30. The van der Waals surface area contributed by atoms with Gasteiger partial charge in [0.25, 0.3) is 0 Å². The summed E-state index contributed by atoms with van der Waals surface area (Å²) in [5.74, 6) is -0.379. The van der Waals surface area contributed by atoms with Gasteiger partial charge in [-0.25, -0.2) is 4.79 Å². The molecule has 0 atom stereocenters. The van der Waals surface area contributed by atoms with E-state index in [0.29, 0.717) is 12.5 Å². The van der Waals surface area contributed by atoms with Crippen LogP contribution in [0.4, 0.5) is 4.79 Å². The molecule has 21 heavy (non-hydrogen) atoms. The molecule has 0 radical (unpaired) electrons. The van der Waals surface area contributed by atoms with Crippen molar-refractivity contribution in [3.05, 3.63) is 0 Å². The van der Waals surface area contributed by atoms with Gasteiger partial charge >= 0.3 is 12.0 Å². The number of carboxylic acid groups (broad SMARTS) is 1. The number of nitrogens with zero attached hydrogens (tertiary/aromatic N) is 2. The molecule has 0 saturated heterocycles. The third-order valence-electron chi connectivity index (χ3n) is 3.88. The van der Waals surface area contributed by atoms with E-state index < -0.39 is 5.97 Å². The zero-order valence-electron chi connectivity index (χ0n) is 14.5. The van der Waals surface area contributed by atoms with Gasteiger partial charge in [0, 0.05) is 25.2 Å². The lowest BCUT2D eigenvalue weighted by Crippen LogP contribution is -2.53. The molecular weight excluding hydrogens is 268 g/mol. The van der Waals surface area contributed by atoms with Gasteiger partial charge in [-0.1, -0.05) is 26.7 Å². The largest absolute Gasteiger partial charge is 0.481 e. The Balaban J connectivity index is 5.00. The van der Waals surface area contributed by atoms with Crippen LogP contribution in [0.2, 0.25) is 0 Å². The maximum Gasteiger partial charge on any atom is 0.320 e. The quantitative estimate of drug-likeness (QED) is 0.747. The lowest BCUT2D eigenvalue weighted by molar-refractivity contribution is -0.137. The predicted molar refractivity (Wildman–Crippen MR) is 85.4 cm³/mol. The summed E-state index contributed by atoms with van der Waals surface area (Å²) in [7, 11) is 0. The minimum Gasteiger partial charge on any atom is -0.481 e. The number of aliphatic carboxylic acids is 1. The van der Waals surface area contributed by atoms with Gasteiger partial charge in [0.2, 0.25) is 0 Å². The summed E-state index contributed by atoms with van der Waals surface area (Å²) in [5, 5.41) is 8.88. The molecule has 0 saturated carbocycles. The number of hydrogen-bond acceptors (Lipinski definition) is 2. The van der Waals surface area contributed by atoms with E-state index in [-0.39, 0.29) is 24.5 Å². The van der Waals surface area contributed by atoms with Crippen LogP contribution in [0, 0.1) is 5.92 Å². The zero-order valence-corrected chi connectivity index (χ0v) is 14.5. The first-order valence-corrected chi connectivity index (χ1v) is 7.95. The van der Waals surface area contributed by atoms with Crippen molar-refractivity contribution in [1.29, 1.82) is 0 Å². The van der Waals surface area contributed by atoms with E-state index in [2.05, 4.69) is 13.8 Å². The lowest BCUT2D eigenvalue weighted by Gasteiger charge is -2.39. The normalized spacial score (nSPS) is 11.6. The first-order valence-electron chi connectivity index (χ1n) is 7.95. The minimum atomic E-state index is -0.875. The molecule has 0 spiro atoms. The summed E-state index contributed by atoms with van der Waals surface area (Å²) in [6.07, 6.45) is 2.07. The standard InChI is InChI=1S/C16H32N2O3/c1-7-13(8-2)12-17(9-3)15(21)18(16(4,5)6)11-10-14(19)20/h13H,7-12H2,1-6H3,(H,19,20). The molecule has 0 bridgehead atoms. The highest BCUT2D eigenvalue weighted by atomic mass is 16.4. The molecule has 0 aromatic carbocycles. The molecule has 0 aromatic heterocycles. The summed E-state index contributed by atoms with van der Waals surface area (Å²) >= 11 is 0. The molecule has 1 N–H and O–H groups in total. The van der Waals surface area contributed by atoms with Gasteiger partial charge in [-0.2, -0.15) is 0 Å². The number of carboxylic acids is 1. The van der Waals surface area contributed by atoms with E-state index in [9.17, 15) is 9.59 Å². The Bertz CT molecular complexity index is 333. The van der Waals surface area contributed by atoms with Gasteiger partial charge in [-0.05, 0) is 33.6 Å². The van der Waals surface area contributed by atoms with Crippen LogP contribution in [-0.4, -0.2) is 52.1 Å². The number of carbonyl (C=O) groups is 2. The second-order valence-corrected chi connectivity index (χ2v) is 6.47. The van der Waals surface area contributed by atoms with Crippen LogP contribution in [0.3, 0.4) is 0 Å². The van der Waals surface area contributed by atoms with Crippen LogP contribution in [0.25, 0.3) is 0 Å². The molecule has 0 aromatic rings. The van der Waals surface area contributed by atoms with Gasteiger partial charge in [0.15, 0.2) is 0 Å². The second-order valence-electron chi connectivity index (χ2n) is 6.47. The monoisotopic (exact) mass is 300 g/mol. The summed E-state index contributed by atoms with van der Waals surface area (Å²) in [6, 6.07) is -0.0573. The average Bonchev–Trinajstić information content (AvgIpc) is 2.38. The molecular formula is C16H32N2O3. The van der Waals surface area contributed by atoms with Gasteiger partial charge in [-0.3, -0.25) is 4.79 Å². The average molecular weight is 300 g/mol. The first kappa shape index (κ1) is 19.7. The Morgan fingerprint density at radius 3 is 1.95 bits per heavy atom. The summed E-state index contributed by atoms with van der Waals surface area (Å²) in [5.41, 5.74) is -0.381. The third-order valence-corrected chi connectivity index (χ3v) is 3.88. The number of hydrogen-bond donors (Lipinski definition) is 1. The number of carbonyl (C=O) groups excluding carboxylic acids is 1. The first-order chi connectivity index (χ1) is 9.67. The van der Waals surface area contributed by atoms with Gasteiger partial charge in [0.05, 0.1) is 6.42 Å². The smallest absolute Gasteiger partial charge is 0.320 e. The van der Waals surface area contributed by atoms with Gasteiger partial charge < -0.3 is 14.9 Å². The molecule has 5 nitrogen and oxygen atoms in total. The SMILES string of the molecule is CCC(CC)CN(CC)C(=O)N(CCC(=O)O)C(C)(C)C. The number of rotatable bonds is 8. The molecule has 0 aliphatic rings. The molecule has 0 fully saturated rings. The Hall–Kier alpha value is -1.26. The molecule has 0 heterocycles. The Morgan fingerprint density at radius 1 is 1.10 bits per heavy atom. The van der Waals surface area contributed by atoms with Crippen LogP contribution in [0.15, 0.2) is 0 Å². The number of urea groups is 1. The Labute approximate surface area is 129 Å². The highest BCUT2D eigenvalue weighted by Crippen LogP contribution is 2.18. The number of amides is 2. The fraction of sp³-hybridized carbons (Fsp3) is 0.875. The lowest BCUT2D eigenvalue weighted by atomic mass is 10.0. The van der Waals surface area contributed by atoms with Crippen LogP contribution < -0.4 is 0 Å². The van der Waals surface area contributed by atoms with E-state index >= 15 is 0 Å². The zero-order chi connectivity index (χ0) is 16.6. The van der Waals surface area contributed by atoms with Crippen LogP contribution >= 0.6 is 0 Å². The predicted octanol–water partition coefficient (Wildman–Crippen LogP) is 3.44. The molecule has 124 valence electrons. The Morgan fingerprint density at radius 2 is 1.62 bits per heavy atom. The van der Waals surface area contributed by atoms with Crippen molar-refractivity contribution in [2.24, 2.45) is 5.92 Å². The Kier molecular flexibility index (Phi) is 8.37. The van der Waals surface area contributed by atoms with Crippen molar-refractivity contribution in [3.8, 4) is 0 Å². The summed E-state index contributed by atoms with van der Waals surface area (Å²) in [6.45, 7) is 13.7. The van der Waals surface area contributed by atoms with Crippen molar-refractivity contribution in [2.75, 3.05) is 19.6 Å². The summed E-state index contributed by atoms with van der Waals surface area (Å²) in [4.78, 5) is 27.1. The molecule has 0 unspecified atom stereocenters. The van der Waals surface area contributed by atoms with E-state index in [0.717, 1.165) is 19.4 Å². The van der Waals surface area contributed by atoms with E-state index in [1.165, 1.54) is 0 Å². The van der Waals surface area contributed by atoms with Gasteiger partial charge in [0.1, 0.15) is 0 Å².